The predicted octanol–water partition coefficient (Wildman–Crippen LogP) is -0.276. The second-order valence-corrected chi connectivity index (χ2v) is 5.74. The highest BCUT2D eigenvalue weighted by atomic mass is 19.1. The molecule has 0 saturated carbocycles. The highest BCUT2D eigenvalue weighted by molar-refractivity contribution is 5.57. The standard InChI is InChI=1S/C17H25FO6/c1-3-10(7-11-4-5-12(18)6-9(11)2)14(21)16(23)17(24)15(22)13(20)8-19/h4-7,13-17,19-24H,3,8H2,1-2H3/b10-7+/t13-,14?,15+,16+,17-/m0/s1. The minimum atomic E-state index is -1.86. The summed E-state index contributed by atoms with van der Waals surface area (Å²) in [4.78, 5) is 0. The Morgan fingerprint density at radius 1 is 1.08 bits per heavy atom. The average Bonchev–Trinajstić information content (AvgIpc) is 2.57. The van der Waals surface area contributed by atoms with Gasteiger partial charge in [0, 0.05) is 0 Å². The SMILES string of the molecule is CC/C(=C\c1ccc(F)cc1C)C(O)[C@@H](O)[C@@H](O)[C@H](O)[C@@H](O)CO. The van der Waals surface area contributed by atoms with Gasteiger partial charge in [-0.2, -0.15) is 0 Å². The van der Waals surface area contributed by atoms with Gasteiger partial charge in [0.05, 0.1) is 6.61 Å². The van der Waals surface area contributed by atoms with E-state index in [1.807, 2.05) is 0 Å². The first-order valence-electron chi connectivity index (χ1n) is 7.70. The van der Waals surface area contributed by atoms with Crippen LogP contribution in [0.3, 0.4) is 0 Å². The molecule has 6 N–H and O–H groups in total. The minimum Gasteiger partial charge on any atom is -0.394 e. The Morgan fingerprint density at radius 3 is 2.21 bits per heavy atom. The molecule has 0 aliphatic rings. The second-order valence-electron chi connectivity index (χ2n) is 5.74. The van der Waals surface area contributed by atoms with Gasteiger partial charge >= 0.3 is 0 Å². The molecule has 0 aromatic heterocycles. The third-order valence-corrected chi connectivity index (χ3v) is 3.97. The molecule has 24 heavy (non-hydrogen) atoms. The summed E-state index contributed by atoms with van der Waals surface area (Å²) in [5.41, 5.74) is 1.64. The summed E-state index contributed by atoms with van der Waals surface area (Å²) in [6, 6.07) is 4.13. The normalized spacial score (nSPS) is 18.8. The molecule has 0 saturated heterocycles. The molecule has 7 heteroatoms. The fourth-order valence-electron chi connectivity index (χ4n) is 2.34. The van der Waals surface area contributed by atoms with Gasteiger partial charge in [-0.3, -0.25) is 0 Å². The summed E-state index contributed by atoms with van der Waals surface area (Å²) in [7, 11) is 0. The van der Waals surface area contributed by atoms with Gasteiger partial charge in [-0.25, -0.2) is 4.39 Å². The predicted molar refractivity (Wildman–Crippen MR) is 86.5 cm³/mol. The first-order chi connectivity index (χ1) is 11.2. The van der Waals surface area contributed by atoms with Gasteiger partial charge in [0.1, 0.15) is 36.3 Å². The fourth-order valence-corrected chi connectivity index (χ4v) is 2.34. The zero-order valence-electron chi connectivity index (χ0n) is 13.7. The highest BCUT2D eigenvalue weighted by Gasteiger charge is 2.35. The third-order valence-electron chi connectivity index (χ3n) is 3.97. The smallest absolute Gasteiger partial charge is 0.123 e. The fraction of sp³-hybridized carbons (Fsp3) is 0.529. The van der Waals surface area contributed by atoms with Crippen molar-refractivity contribution in [1.82, 2.24) is 0 Å². The van der Waals surface area contributed by atoms with Crippen molar-refractivity contribution in [3.63, 3.8) is 0 Å². The zero-order chi connectivity index (χ0) is 18.4. The summed E-state index contributed by atoms with van der Waals surface area (Å²) >= 11 is 0. The molecule has 1 unspecified atom stereocenters. The number of benzene rings is 1. The first kappa shape index (κ1) is 20.7. The zero-order valence-corrected chi connectivity index (χ0v) is 13.7. The Balaban J connectivity index is 2.99. The summed E-state index contributed by atoms with van der Waals surface area (Å²) in [5.74, 6) is -0.389. The van der Waals surface area contributed by atoms with E-state index in [-0.39, 0.29) is 5.82 Å². The Hall–Kier alpha value is -1.35. The Kier molecular flexibility index (Phi) is 7.95. The molecule has 1 rings (SSSR count). The molecule has 0 amide bonds. The maximum Gasteiger partial charge on any atom is 0.123 e. The van der Waals surface area contributed by atoms with Crippen LogP contribution in [0.15, 0.2) is 23.8 Å². The van der Waals surface area contributed by atoms with E-state index in [0.717, 1.165) is 0 Å². The number of halogens is 1. The van der Waals surface area contributed by atoms with Gasteiger partial charge in [0.25, 0.3) is 0 Å². The van der Waals surface area contributed by atoms with Crippen molar-refractivity contribution in [2.45, 2.75) is 50.8 Å². The van der Waals surface area contributed by atoms with Crippen LogP contribution in [0.5, 0.6) is 0 Å². The maximum atomic E-state index is 13.1. The molecule has 0 radical (unpaired) electrons. The average molecular weight is 344 g/mol. The van der Waals surface area contributed by atoms with E-state index in [0.29, 0.717) is 23.1 Å². The molecule has 0 fully saturated rings. The van der Waals surface area contributed by atoms with Crippen molar-refractivity contribution in [2.75, 3.05) is 6.61 Å². The molecule has 5 atom stereocenters. The summed E-state index contributed by atoms with van der Waals surface area (Å²) < 4.78 is 13.1. The van der Waals surface area contributed by atoms with Gasteiger partial charge in [-0.05, 0) is 42.2 Å². The lowest BCUT2D eigenvalue weighted by molar-refractivity contribution is -0.134. The van der Waals surface area contributed by atoms with E-state index in [1.165, 1.54) is 18.2 Å². The third kappa shape index (κ3) is 5.07. The number of aliphatic hydroxyl groups is 6. The summed E-state index contributed by atoms with van der Waals surface area (Å²) in [6.07, 6.45) is -6.68. The van der Waals surface area contributed by atoms with Crippen LogP contribution in [0, 0.1) is 12.7 Å². The van der Waals surface area contributed by atoms with E-state index in [1.54, 1.807) is 19.9 Å². The molecule has 136 valence electrons. The van der Waals surface area contributed by atoms with Crippen LogP contribution in [0.1, 0.15) is 24.5 Å². The molecule has 0 spiro atoms. The minimum absolute atomic E-state index is 0.334. The van der Waals surface area contributed by atoms with Crippen molar-refractivity contribution in [1.29, 1.82) is 0 Å². The molecule has 1 aromatic carbocycles. The largest absolute Gasteiger partial charge is 0.394 e. The summed E-state index contributed by atoms with van der Waals surface area (Å²) in [5, 5.41) is 57.9. The molecular weight excluding hydrogens is 319 g/mol. The highest BCUT2D eigenvalue weighted by Crippen LogP contribution is 2.21. The summed E-state index contributed by atoms with van der Waals surface area (Å²) in [6.45, 7) is 2.62. The lowest BCUT2D eigenvalue weighted by atomic mass is 9.92. The maximum absolute atomic E-state index is 13.1. The van der Waals surface area contributed by atoms with E-state index in [2.05, 4.69) is 0 Å². The van der Waals surface area contributed by atoms with E-state index in [4.69, 9.17) is 5.11 Å². The van der Waals surface area contributed by atoms with Crippen molar-refractivity contribution >= 4 is 6.08 Å². The number of hydrogen-bond donors (Lipinski definition) is 6. The van der Waals surface area contributed by atoms with Crippen molar-refractivity contribution in [2.24, 2.45) is 0 Å². The number of aliphatic hydroxyl groups excluding tert-OH is 6. The van der Waals surface area contributed by atoms with Crippen molar-refractivity contribution < 1.29 is 35.0 Å². The number of hydrogen-bond acceptors (Lipinski definition) is 6. The Bertz CT molecular complexity index is 562. The van der Waals surface area contributed by atoms with Crippen molar-refractivity contribution in [3.05, 3.63) is 40.7 Å². The van der Waals surface area contributed by atoms with Crippen LogP contribution in [0.25, 0.3) is 6.08 Å². The molecule has 0 bridgehead atoms. The van der Waals surface area contributed by atoms with Gasteiger partial charge < -0.3 is 30.6 Å². The van der Waals surface area contributed by atoms with Crippen LogP contribution in [0.2, 0.25) is 0 Å². The van der Waals surface area contributed by atoms with E-state index >= 15 is 0 Å². The lowest BCUT2D eigenvalue weighted by Crippen LogP contribution is -2.50. The Labute approximate surface area is 140 Å². The molecule has 1 aromatic rings. The van der Waals surface area contributed by atoms with Crippen LogP contribution in [-0.4, -0.2) is 67.8 Å². The topological polar surface area (TPSA) is 121 Å². The monoisotopic (exact) mass is 344 g/mol. The number of rotatable bonds is 8. The van der Waals surface area contributed by atoms with Crippen molar-refractivity contribution in [3.8, 4) is 0 Å². The lowest BCUT2D eigenvalue weighted by Gasteiger charge is -2.29. The van der Waals surface area contributed by atoms with Gasteiger partial charge in [-0.1, -0.05) is 19.1 Å². The number of aryl methyl sites for hydroxylation is 1. The van der Waals surface area contributed by atoms with Gasteiger partial charge in [0.2, 0.25) is 0 Å². The van der Waals surface area contributed by atoms with Crippen LogP contribution in [-0.2, 0) is 0 Å². The Morgan fingerprint density at radius 2 is 1.71 bits per heavy atom. The molecule has 0 aliphatic heterocycles. The van der Waals surface area contributed by atoms with E-state index in [9.17, 15) is 29.9 Å². The molecule has 0 aliphatic carbocycles. The van der Waals surface area contributed by atoms with Gasteiger partial charge in [-0.15, -0.1) is 0 Å². The van der Waals surface area contributed by atoms with Crippen LogP contribution < -0.4 is 0 Å². The molecule has 6 nitrogen and oxygen atoms in total. The molecule has 0 heterocycles. The van der Waals surface area contributed by atoms with E-state index < -0.39 is 37.1 Å². The second kappa shape index (κ2) is 9.22. The van der Waals surface area contributed by atoms with Gasteiger partial charge in [0.15, 0.2) is 0 Å². The quantitative estimate of drug-likeness (QED) is 0.386. The van der Waals surface area contributed by atoms with Crippen LogP contribution in [0.4, 0.5) is 4.39 Å². The first-order valence-corrected chi connectivity index (χ1v) is 7.70. The van der Waals surface area contributed by atoms with Crippen LogP contribution >= 0.6 is 0 Å². The molecular formula is C17H25FO6.